The van der Waals surface area contributed by atoms with Gasteiger partial charge < -0.3 is 0 Å². The van der Waals surface area contributed by atoms with Gasteiger partial charge in [0.2, 0.25) is 0 Å². The van der Waals surface area contributed by atoms with Crippen molar-refractivity contribution < 1.29 is 0 Å². The van der Waals surface area contributed by atoms with Gasteiger partial charge in [0, 0.05) is 18.0 Å². The first kappa shape index (κ1) is 15.7. The van der Waals surface area contributed by atoms with E-state index in [-0.39, 0.29) is 0 Å². The third-order valence-corrected chi connectivity index (χ3v) is 3.80. The van der Waals surface area contributed by atoms with E-state index in [4.69, 9.17) is 0 Å². The van der Waals surface area contributed by atoms with Crippen molar-refractivity contribution in [3.8, 4) is 11.4 Å². The fourth-order valence-corrected chi connectivity index (χ4v) is 2.58. The SMILES string of the molecule is CC(C)CCCC(C)Cc1cnc(-c2ccccc2)nc1. The van der Waals surface area contributed by atoms with Crippen LogP contribution in [0, 0.1) is 11.8 Å². The molecule has 2 heteroatoms. The molecule has 0 saturated carbocycles. The molecule has 1 unspecified atom stereocenters. The van der Waals surface area contributed by atoms with Crippen molar-refractivity contribution >= 4 is 0 Å². The lowest BCUT2D eigenvalue weighted by Gasteiger charge is -2.12. The van der Waals surface area contributed by atoms with Crippen molar-refractivity contribution in [3.05, 3.63) is 48.3 Å². The Morgan fingerprint density at radius 2 is 1.57 bits per heavy atom. The molecule has 0 spiro atoms. The van der Waals surface area contributed by atoms with E-state index in [0.29, 0.717) is 5.92 Å². The number of nitrogens with zero attached hydrogens (tertiary/aromatic N) is 2. The van der Waals surface area contributed by atoms with Crippen molar-refractivity contribution in [1.29, 1.82) is 0 Å². The highest BCUT2D eigenvalue weighted by Crippen LogP contribution is 2.18. The summed E-state index contributed by atoms with van der Waals surface area (Å²) in [5, 5.41) is 0. The Balaban J connectivity index is 1.88. The quantitative estimate of drug-likeness (QED) is 0.702. The van der Waals surface area contributed by atoms with Crippen LogP contribution in [0.2, 0.25) is 0 Å². The fraction of sp³-hybridized carbons (Fsp3) is 0.474. The van der Waals surface area contributed by atoms with Gasteiger partial charge in [0.1, 0.15) is 0 Å². The van der Waals surface area contributed by atoms with Gasteiger partial charge in [0.05, 0.1) is 0 Å². The molecular weight excluding hydrogens is 256 g/mol. The average molecular weight is 282 g/mol. The van der Waals surface area contributed by atoms with Gasteiger partial charge in [0.15, 0.2) is 5.82 Å². The largest absolute Gasteiger partial charge is 0.236 e. The van der Waals surface area contributed by atoms with Crippen LogP contribution in [-0.2, 0) is 6.42 Å². The van der Waals surface area contributed by atoms with Crippen LogP contribution in [0.25, 0.3) is 11.4 Å². The van der Waals surface area contributed by atoms with E-state index in [0.717, 1.165) is 23.7 Å². The van der Waals surface area contributed by atoms with Crippen LogP contribution in [0.15, 0.2) is 42.7 Å². The van der Waals surface area contributed by atoms with Crippen molar-refractivity contribution in [3.63, 3.8) is 0 Å². The van der Waals surface area contributed by atoms with Gasteiger partial charge in [-0.3, -0.25) is 0 Å². The second kappa shape index (κ2) is 7.92. The first-order chi connectivity index (χ1) is 10.1. The van der Waals surface area contributed by atoms with E-state index >= 15 is 0 Å². The van der Waals surface area contributed by atoms with Crippen molar-refractivity contribution in [2.24, 2.45) is 11.8 Å². The molecular formula is C19H26N2. The molecule has 1 atom stereocenters. The molecule has 1 aromatic heterocycles. The smallest absolute Gasteiger partial charge is 0.159 e. The zero-order valence-corrected chi connectivity index (χ0v) is 13.4. The van der Waals surface area contributed by atoms with Gasteiger partial charge in [-0.2, -0.15) is 0 Å². The topological polar surface area (TPSA) is 25.8 Å². The van der Waals surface area contributed by atoms with Gasteiger partial charge in [-0.15, -0.1) is 0 Å². The molecule has 0 N–H and O–H groups in total. The minimum absolute atomic E-state index is 0.704. The molecule has 1 heterocycles. The molecule has 112 valence electrons. The summed E-state index contributed by atoms with van der Waals surface area (Å²) in [7, 11) is 0. The monoisotopic (exact) mass is 282 g/mol. The van der Waals surface area contributed by atoms with Crippen LogP contribution in [0.1, 0.15) is 45.6 Å². The summed E-state index contributed by atoms with van der Waals surface area (Å²) < 4.78 is 0. The van der Waals surface area contributed by atoms with Gasteiger partial charge in [-0.05, 0) is 23.8 Å². The predicted molar refractivity (Wildman–Crippen MR) is 89.0 cm³/mol. The zero-order valence-electron chi connectivity index (χ0n) is 13.4. The fourth-order valence-electron chi connectivity index (χ4n) is 2.58. The Kier molecular flexibility index (Phi) is 5.91. The normalized spacial score (nSPS) is 12.6. The molecule has 21 heavy (non-hydrogen) atoms. The summed E-state index contributed by atoms with van der Waals surface area (Å²) in [6.45, 7) is 6.91. The molecule has 0 amide bonds. The van der Waals surface area contributed by atoms with Crippen molar-refractivity contribution in [2.45, 2.75) is 46.5 Å². The number of aromatic nitrogens is 2. The summed E-state index contributed by atoms with van der Waals surface area (Å²) in [5.41, 5.74) is 2.32. The van der Waals surface area contributed by atoms with Crippen molar-refractivity contribution in [1.82, 2.24) is 9.97 Å². The molecule has 0 saturated heterocycles. The van der Waals surface area contributed by atoms with Crippen LogP contribution in [0.4, 0.5) is 0 Å². The Morgan fingerprint density at radius 1 is 0.905 bits per heavy atom. The molecule has 0 aliphatic rings. The van der Waals surface area contributed by atoms with Crippen LogP contribution in [0.3, 0.4) is 0 Å². The zero-order chi connectivity index (χ0) is 15.1. The van der Waals surface area contributed by atoms with E-state index in [2.05, 4.69) is 30.7 Å². The summed E-state index contributed by atoms with van der Waals surface area (Å²) in [6, 6.07) is 10.1. The lowest BCUT2D eigenvalue weighted by atomic mass is 9.95. The molecule has 0 aliphatic heterocycles. The van der Waals surface area contributed by atoms with Gasteiger partial charge >= 0.3 is 0 Å². The second-order valence-corrected chi connectivity index (χ2v) is 6.41. The summed E-state index contributed by atoms with van der Waals surface area (Å²) in [6.07, 6.45) is 8.98. The molecule has 0 radical (unpaired) electrons. The number of benzene rings is 1. The molecule has 0 aliphatic carbocycles. The van der Waals surface area contributed by atoms with E-state index in [1.165, 1.54) is 24.8 Å². The molecule has 0 bridgehead atoms. The van der Waals surface area contributed by atoms with Crippen molar-refractivity contribution in [2.75, 3.05) is 0 Å². The summed E-state index contributed by atoms with van der Waals surface area (Å²) in [5.74, 6) is 2.33. The highest BCUT2D eigenvalue weighted by atomic mass is 14.9. The highest BCUT2D eigenvalue weighted by Gasteiger charge is 2.06. The maximum atomic E-state index is 4.50. The number of rotatable bonds is 7. The van der Waals surface area contributed by atoms with E-state index in [1.807, 2.05) is 42.7 Å². The Morgan fingerprint density at radius 3 is 2.19 bits per heavy atom. The van der Waals surface area contributed by atoms with Gasteiger partial charge in [-0.25, -0.2) is 9.97 Å². The third kappa shape index (κ3) is 5.30. The molecule has 2 rings (SSSR count). The van der Waals surface area contributed by atoms with Crippen LogP contribution < -0.4 is 0 Å². The molecule has 1 aromatic carbocycles. The average Bonchev–Trinajstić information content (AvgIpc) is 2.48. The Bertz CT molecular complexity index is 517. The van der Waals surface area contributed by atoms with Crippen LogP contribution >= 0.6 is 0 Å². The summed E-state index contributed by atoms with van der Waals surface area (Å²) in [4.78, 5) is 9.00. The highest BCUT2D eigenvalue weighted by molar-refractivity contribution is 5.53. The minimum atomic E-state index is 0.704. The number of hydrogen-bond donors (Lipinski definition) is 0. The second-order valence-electron chi connectivity index (χ2n) is 6.41. The maximum Gasteiger partial charge on any atom is 0.159 e. The van der Waals surface area contributed by atoms with E-state index in [1.54, 1.807) is 0 Å². The van der Waals surface area contributed by atoms with E-state index < -0.39 is 0 Å². The lowest BCUT2D eigenvalue weighted by Crippen LogP contribution is -2.02. The third-order valence-electron chi connectivity index (χ3n) is 3.80. The Hall–Kier alpha value is -1.70. The standard InChI is InChI=1S/C19H26N2/c1-15(2)8-7-9-16(3)12-17-13-20-19(21-14-17)18-10-5-4-6-11-18/h4-6,10-11,13-16H,7-9,12H2,1-3H3. The summed E-state index contributed by atoms with van der Waals surface area (Å²) >= 11 is 0. The Labute approximate surface area is 128 Å². The minimum Gasteiger partial charge on any atom is -0.236 e. The van der Waals surface area contributed by atoms with E-state index in [9.17, 15) is 0 Å². The number of hydrogen-bond acceptors (Lipinski definition) is 2. The molecule has 2 aromatic rings. The van der Waals surface area contributed by atoms with Gasteiger partial charge in [-0.1, -0.05) is 70.4 Å². The first-order valence-corrected chi connectivity index (χ1v) is 8.01. The van der Waals surface area contributed by atoms with Crippen LogP contribution in [-0.4, -0.2) is 9.97 Å². The first-order valence-electron chi connectivity index (χ1n) is 8.01. The molecule has 2 nitrogen and oxygen atoms in total. The lowest BCUT2D eigenvalue weighted by molar-refractivity contribution is 0.455. The van der Waals surface area contributed by atoms with Crippen LogP contribution in [0.5, 0.6) is 0 Å². The molecule has 0 fully saturated rings. The predicted octanol–water partition coefficient (Wildman–Crippen LogP) is 5.15. The van der Waals surface area contributed by atoms with Gasteiger partial charge in [0.25, 0.3) is 0 Å². The maximum absolute atomic E-state index is 4.50.